The molecule has 0 bridgehead atoms. The first kappa shape index (κ1) is 6.05. The predicted octanol–water partition coefficient (Wildman–Crippen LogP) is 0.360. The Morgan fingerprint density at radius 2 is 2.25 bits per heavy atom. The lowest BCUT2D eigenvalue weighted by molar-refractivity contribution is 0.241. The summed E-state index contributed by atoms with van der Waals surface area (Å²) in [6.07, 6.45) is 2.35. The number of ether oxygens (including phenoxy) is 1. The average Bonchev–Trinajstić information content (AvgIpc) is 2.48. The summed E-state index contributed by atoms with van der Waals surface area (Å²) in [6.45, 7) is 3.84. The Morgan fingerprint density at radius 1 is 1.50 bits per heavy atom. The minimum atomic E-state index is 0.136. The lowest BCUT2D eigenvalue weighted by Gasteiger charge is -1.83. The summed E-state index contributed by atoms with van der Waals surface area (Å²) in [7, 11) is 0. The third-order valence-corrected chi connectivity index (χ3v) is 1.36. The van der Waals surface area contributed by atoms with Crippen molar-refractivity contribution >= 4 is 0 Å². The summed E-state index contributed by atoms with van der Waals surface area (Å²) in [5.74, 6) is 0. The topological polar surface area (TPSA) is 32.8 Å². The van der Waals surface area contributed by atoms with E-state index in [9.17, 15) is 0 Å². The van der Waals surface area contributed by atoms with Crippen LogP contribution in [0.4, 0.5) is 0 Å². The lowest BCUT2D eigenvalue weighted by Crippen LogP contribution is -1.97. The van der Waals surface area contributed by atoms with Crippen LogP contribution >= 0.6 is 0 Å². The zero-order valence-electron chi connectivity index (χ0n) is 4.84. The van der Waals surface area contributed by atoms with E-state index in [1.165, 1.54) is 0 Å². The van der Waals surface area contributed by atoms with Gasteiger partial charge in [0.05, 0.1) is 12.7 Å². The summed E-state index contributed by atoms with van der Waals surface area (Å²) >= 11 is 0. The summed E-state index contributed by atoms with van der Waals surface area (Å²) in [6, 6.07) is 0. The van der Waals surface area contributed by atoms with Gasteiger partial charge < -0.3 is 9.84 Å². The first-order valence-corrected chi connectivity index (χ1v) is 2.94. The lowest BCUT2D eigenvalue weighted by atomic mass is 10.2. The first-order valence-electron chi connectivity index (χ1n) is 2.94. The quantitative estimate of drug-likeness (QED) is 0.539. The van der Waals surface area contributed by atoms with E-state index in [0.29, 0.717) is 6.10 Å². The molecule has 1 aliphatic heterocycles. The maximum atomic E-state index is 8.46. The molecule has 2 atom stereocenters. The molecule has 1 heterocycles. The molecular formula is C6H11O2. The van der Waals surface area contributed by atoms with Crippen LogP contribution in [-0.4, -0.2) is 23.9 Å². The van der Waals surface area contributed by atoms with Crippen molar-refractivity contribution in [3.05, 3.63) is 6.92 Å². The molecule has 47 valence electrons. The SMILES string of the molecule is [CH2]CC[C@H]1O[C@@H]1CO. The molecule has 0 aromatic carbocycles. The Morgan fingerprint density at radius 3 is 2.62 bits per heavy atom. The summed E-state index contributed by atoms with van der Waals surface area (Å²) in [5, 5.41) is 8.46. The van der Waals surface area contributed by atoms with E-state index in [2.05, 4.69) is 6.92 Å². The molecular weight excluding hydrogens is 104 g/mol. The van der Waals surface area contributed by atoms with Gasteiger partial charge in [-0.15, -0.1) is 0 Å². The van der Waals surface area contributed by atoms with E-state index in [1.807, 2.05) is 0 Å². The maximum absolute atomic E-state index is 8.46. The van der Waals surface area contributed by atoms with Crippen molar-refractivity contribution in [3.63, 3.8) is 0 Å². The van der Waals surface area contributed by atoms with Crippen molar-refractivity contribution in [2.45, 2.75) is 25.0 Å². The molecule has 8 heavy (non-hydrogen) atoms. The Hall–Kier alpha value is -0.0800. The third-order valence-electron chi connectivity index (χ3n) is 1.36. The Kier molecular flexibility index (Phi) is 1.86. The van der Waals surface area contributed by atoms with E-state index >= 15 is 0 Å². The fourth-order valence-corrected chi connectivity index (χ4v) is 0.795. The monoisotopic (exact) mass is 115 g/mol. The second-order valence-electron chi connectivity index (χ2n) is 2.04. The molecule has 0 aliphatic carbocycles. The van der Waals surface area contributed by atoms with E-state index < -0.39 is 0 Å². The zero-order valence-corrected chi connectivity index (χ0v) is 4.84. The molecule has 1 saturated heterocycles. The molecule has 0 saturated carbocycles. The smallest absolute Gasteiger partial charge is 0.107 e. The molecule has 1 radical (unpaired) electrons. The first-order chi connectivity index (χ1) is 3.88. The predicted molar refractivity (Wildman–Crippen MR) is 30.3 cm³/mol. The van der Waals surface area contributed by atoms with Crippen molar-refractivity contribution in [1.82, 2.24) is 0 Å². The highest BCUT2D eigenvalue weighted by Gasteiger charge is 2.36. The fourth-order valence-electron chi connectivity index (χ4n) is 0.795. The number of aliphatic hydroxyl groups excluding tert-OH is 1. The van der Waals surface area contributed by atoms with Gasteiger partial charge in [0.25, 0.3) is 0 Å². The highest BCUT2D eigenvalue weighted by atomic mass is 16.6. The van der Waals surface area contributed by atoms with Crippen molar-refractivity contribution in [3.8, 4) is 0 Å². The van der Waals surface area contributed by atoms with Gasteiger partial charge in [-0.05, 0) is 6.42 Å². The summed E-state index contributed by atoms with van der Waals surface area (Å²) < 4.78 is 5.02. The molecule has 1 aliphatic rings. The zero-order chi connectivity index (χ0) is 5.98. The molecule has 2 nitrogen and oxygen atoms in total. The van der Waals surface area contributed by atoms with Crippen molar-refractivity contribution in [2.24, 2.45) is 0 Å². The van der Waals surface area contributed by atoms with Gasteiger partial charge in [0.2, 0.25) is 0 Å². The van der Waals surface area contributed by atoms with Gasteiger partial charge in [-0.3, -0.25) is 0 Å². The summed E-state index contributed by atoms with van der Waals surface area (Å²) in [5.41, 5.74) is 0. The van der Waals surface area contributed by atoms with Crippen molar-refractivity contribution < 1.29 is 9.84 Å². The van der Waals surface area contributed by atoms with Crippen molar-refractivity contribution in [1.29, 1.82) is 0 Å². The molecule has 0 unspecified atom stereocenters. The van der Waals surface area contributed by atoms with Gasteiger partial charge in [0.1, 0.15) is 6.10 Å². The molecule has 0 aromatic heterocycles. The van der Waals surface area contributed by atoms with E-state index in [-0.39, 0.29) is 12.7 Å². The van der Waals surface area contributed by atoms with Crippen LogP contribution in [0.1, 0.15) is 12.8 Å². The van der Waals surface area contributed by atoms with Crippen LogP contribution in [0.5, 0.6) is 0 Å². The molecule has 2 heteroatoms. The molecule has 1 N–H and O–H groups in total. The normalized spacial score (nSPS) is 35.2. The average molecular weight is 115 g/mol. The Balaban J connectivity index is 1.99. The molecule has 0 amide bonds. The van der Waals surface area contributed by atoms with E-state index in [1.54, 1.807) is 0 Å². The number of hydrogen-bond acceptors (Lipinski definition) is 2. The van der Waals surface area contributed by atoms with Gasteiger partial charge in [-0.2, -0.15) is 0 Å². The standard InChI is InChI=1S/C6H11O2/c1-2-3-5-6(4-7)8-5/h5-7H,1-4H2/t5-,6-/m1/s1. The largest absolute Gasteiger partial charge is 0.394 e. The van der Waals surface area contributed by atoms with E-state index in [4.69, 9.17) is 9.84 Å². The van der Waals surface area contributed by atoms with Gasteiger partial charge in [-0.1, -0.05) is 13.3 Å². The minimum absolute atomic E-state index is 0.136. The van der Waals surface area contributed by atoms with Gasteiger partial charge >= 0.3 is 0 Å². The van der Waals surface area contributed by atoms with Crippen molar-refractivity contribution in [2.75, 3.05) is 6.61 Å². The van der Waals surface area contributed by atoms with E-state index in [0.717, 1.165) is 12.8 Å². The number of epoxide rings is 1. The Labute approximate surface area is 49.5 Å². The van der Waals surface area contributed by atoms with Crippen LogP contribution in [0.15, 0.2) is 0 Å². The highest BCUT2D eigenvalue weighted by molar-refractivity contribution is 4.83. The Bertz CT molecular complexity index is 72.9. The molecule has 0 spiro atoms. The van der Waals surface area contributed by atoms with Crippen LogP contribution in [0.3, 0.4) is 0 Å². The maximum Gasteiger partial charge on any atom is 0.107 e. The van der Waals surface area contributed by atoms with Crippen LogP contribution in [0.25, 0.3) is 0 Å². The highest BCUT2D eigenvalue weighted by Crippen LogP contribution is 2.25. The van der Waals surface area contributed by atoms with Crippen LogP contribution < -0.4 is 0 Å². The number of rotatable bonds is 3. The van der Waals surface area contributed by atoms with Gasteiger partial charge in [0, 0.05) is 0 Å². The second-order valence-corrected chi connectivity index (χ2v) is 2.04. The molecule has 0 aromatic rings. The molecule has 1 fully saturated rings. The summed E-state index contributed by atoms with van der Waals surface area (Å²) in [4.78, 5) is 0. The van der Waals surface area contributed by atoms with Crippen LogP contribution in [0, 0.1) is 6.92 Å². The minimum Gasteiger partial charge on any atom is -0.394 e. The van der Waals surface area contributed by atoms with Gasteiger partial charge in [0.15, 0.2) is 0 Å². The van der Waals surface area contributed by atoms with Gasteiger partial charge in [-0.25, -0.2) is 0 Å². The number of hydrogen-bond donors (Lipinski definition) is 1. The van der Waals surface area contributed by atoms with Crippen LogP contribution in [0.2, 0.25) is 0 Å². The van der Waals surface area contributed by atoms with Crippen LogP contribution in [-0.2, 0) is 4.74 Å². The second kappa shape index (κ2) is 2.46. The number of aliphatic hydroxyl groups is 1. The third kappa shape index (κ3) is 1.20. The molecule has 1 rings (SSSR count). The fraction of sp³-hybridized carbons (Fsp3) is 0.833.